The second-order valence-corrected chi connectivity index (χ2v) is 2.64. The monoisotopic (exact) mass is 179 g/mol. The molecule has 0 heterocycles. The van der Waals surface area contributed by atoms with Gasteiger partial charge < -0.3 is 5.32 Å². The van der Waals surface area contributed by atoms with Crippen LogP contribution >= 0.6 is 0 Å². The molecule has 1 aromatic carbocycles. The molecule has 0 aliphatic rings. The van der Waals surface area contributed by atoms with Crippen LogP contribution in [-0.4, -0.2) is 13.1 Å². The highest BCUT2D eigenvalue weighted by molar-refractivity contribution is 5.75. The van der Waals surface area contributed by atoms with Crippen molar-refractivity contribution in [3.8, 4) is 0 Å². The summed E-state index contributed by atoms with van der Waals surface area (Å²) < 4.78 is 0. The molecule has 1 rings (SSSR count). The van der Waals surface area contributed by atoms with E-state index in [2.05, 4.69) is 16.2 Å². The molecular formula is C9H13N3O. The number of nitrogens with one attached hydrogen (secondary N) is 3. The molecule has 0 fully saturated rings. The van der Waals surface area contributed by atoms with Crippen LogP contribution in [0.15, 0.2) is 24.3 Å². The Morgan fingerprint density at radius 2 is 2.00 bits per heavy atom. The number of carbonyl (C=O) groups is 1. The number of aryl methyl sites for hydroxylation is 1. The van der Waals surface area contributed by atoms with Gasteiger partial charge in [0.05, 0.1) is 5.69 Å². The lowest BCUT2D eigenvalue weighted by Gasteiger charge is -2.09. The summed E-state index contributed by atoms with van der Waals surface area (Å²) in [4.78, 5) is 10.8. The Kier molecular flexibility index (Phi) is 3.14. The minimum Gasteiger partial charge on any atom is -0.340 e. The van der Waals surface area contributed by atoms with Crippen molar-refractivity contribution in [2.45, 2.75) is 6.92 Å². The summed E-state index contributed by atoms with van der Waals surface area (Å²) in [6.45, 7) is 1.97. The number of hydrogen-bond acceptors (Lipinski definition) is 2. The van der Waals surface area contributed by atoms with Gasteiger partial charge in [0, 0.05) is 7.05 Å². The van der Waals surface area contributed by atoms with Crippen molar-refractivity contribution in [3.63, 3.8) is 0 Å². The molecule has 4 nitrogen and oxygen atoms in total. The van der Waals surface area contributed by atoms with E-state index in [0.29, 0.717) is 0 Å². The molecule has 0 radical (unpaired) electrons. The molecule has 70 valence electrons. The highest BCUT2D eigenvalue weighted by Crippen LogP contribution is 2.11. The van der Waals surface area contributed by atoms with Gasteiger partial charge in [-0.1, -0.05) is 18.2 Å². The number of amides is 2. The molecule has 2 amide bonds. The van der Waals surface area contributed by atoms with Gasteiger partial charge >= 0.3 is 6.03 Å². The predicted octanol–water partition coefficient (Wildman–Crippen LogP) is 1.25. The van der Waals surface area contributed by atoms with Gasteiger partial charge in [0.25, 0.3) is 0 Å². The predicted molar refractivity (Wildman–Crippen MR) is 52.4 cm³/mol. The molecule has 3 N–H and O–H groups in total. The second-order valence-electron chi connectivity index (χ2n) is 2.64. The van der Waals surface area contributed by atoms with Crippen molar-refractivity contribution in [2.24, 2.45) is 0 Å². The average Bonchev–Trinajstić information content (AvgIpc) is 2.16. The fourth-order valence-electron chi connectivity index (χ4n) is 0.900. The summed E-state index contributed by atoms with van der Waals surface area (Å²) >= 11 is 0. The van der Waals surface area contributed by atoms with Crippen molar-refractivity contribution in [1.82, 2.24) is 10.7 Å². The molecule has 0 aliphatic carbocycles. The average molecular weight is 179 g/mol. The normalized spacial score (nSPS) is 9.08. The Hall–Kier alpha value is -1.71. The summed E-state index contributed by atoms with van der Waals surface area (Å²) in [7, 11) is 1.56. The molecule has 0 aromatic heterocycles. The van der Waals surface area contributed by atoms with Crippen LogP contribution in [0.4, 0.5) is 10.5 Å². The summed E-state index contributed by atoms with van der Waals surface area (Å²) in [6, 6.07) is 7.45. The first kappa shape index (κ1) is 9.38. The molecule has 0 saturated heterocycles. The largest absolute Gasteiger partial charge is 0.340 e. The lowest BCUT2D eigenvalue weighted by molar-refractivity contribution is 0.245. The van der Waals surface area contributed by atoms with Gasteiger partial charge in [0.15, 0.2) is 0 Å². The Bertz CT molecular complexity index is 299. The van der Waals surface area contributed by atoms with Crippen LogP contribution in [0.5, 0.6) is 0 Å². The number of anilines is 1. The van der Waals surface area contributed by atoms with Crippen molar-refractivity contribution >= 4 is 11.7 Å². The molecule has 0 saturated carbocycles. The first-order valence-corrected chi connectivity index (χ1v) is 4.03. The zero-order chi connectivity index (χ0) is 9.68. The Morgan fingerprint density at radius 1 is 1.31 bits per heavy atom. The first-order chi connectivity index (χ1) is 6.24. The Balaban J connectivity index is 2.54. The van der Waals surface area contributed by atoms with E-state index in [0.717, 1.165) is 11.3 Å². The van der Waals surface area contributed by atoms with Crippen LogP contribution in [0.3, 0.4) is 0 Å². The maximum absolute atomic E-state index is 10.8. The van der Waals surface area contributed by atoms with E-state index in [4.69, 9.17) is 0 Å². The Labute approximate surface area is 77.3 Å². The summed E-state index contributed by atoms with van der Waals surface area (Å²) in [6.07, 6.45) is 0. The minimum atomic E-state index is -0.261. The van der Waals surface area contributed by atoms with E-state index >= 15 is 0 Å². The minimum absolute atomic E-state index is 0.261. The number of hydrazine groups is 1. The maximum Gasteiger partial charge on any atom is 0.333 e. The second kappa shape index (κ2) is 4.35. The van der Waals surface area contributed by atoms with Crippen molar-refractivity contribution in [1.29, 1.82) is 0 Å². The number of hydrogen-bond donors (Lipinski definition) is 3. The molecule has 4 heteroatoms. The van der Waals surface area contributed by atoms with Gasteiger partial charge in [0.2, 0.25) is 0 Å². The maximum atomic E-state index is 10.8. The lowest BCUT2D eigenvalue weighted by atomic mass is 10.2. The van der Waals surface area contributed by atoms with Crippen LogP contribution in [0.1, 0.15) is 5.56 Å². The van der Waals surface area contributed by atoms with Gasteiger partial charge in [-0.2, -0.15) is 0 Å². The van der Waals surface area contributed by atoms with E-state index in [1.165, 1.54) is 0 Å². The number of para-hydroxylation sites is 1. The zero-order valence-corrected chi connectivity index (χ0v) is 7.72. The third-order valence-corrected chi connectivity index (χ3v) is 1.68. The van der Waals surface area contributed by atoms with Crippen molar-refractivity contribution < 1.29 is 4.79 Å². The zero-order valence-electron chi connectivity index (χ0n) is 7.72. The third-order valence-electron chi connectivity index (χ3n) is 1.68. The fraction of sp³-hybridized carbons (Fsp3) is 0.222. The number of urea groups is 1. The third kappa shape index (κ3) is 2.66. The molecule has 1 aromatic rings. The van der Waals surface area contributed by atoms with E-state index in [1.807, 2.05) is 31.2 Å². The van der Waals surface area contributed by atoms with E-state index in [-0.39, 0.29) is 6.03 Å². The van der Waals surface area contributed by atoms with Gasteiger partial charge in [-0.25, -0.2) is 4.79 Å². The van der Waals surface area contributed by atoms with Crippen LogP contribution in [0, 0.1) is 6.92 Å². The molecule has 13 heavy (non-hydrogen) atoms. The van der Waals surface area contributed by atoms with Crippen LogP contribution in [0.25, 0.3) is 0 Å². The topological polar surface area (TPSA) is 53.2 Å². The number of rotatable bonds is 2. The summed E-state index contributed by atoms with van der Waals surface area (Å²) in [5.74, 6) is 0. The highest BCUT2D eigenvalue weighted by atomic mass is 16.2. The fourth-order valence-corrected chi connectivity index (χ4v) is 0.900. The smallest absolute Gasteiger partial charge is 0.333 e. The van der Waals surface area contributed by atoms with E-state index < -0.39 is 0 Å². The molecule has 0 unspecified atom stereocenters. The Morgan fingerprint density at radius 3 is 2.62 bits per heavy atom. The SMILES string of the molecule is CNC(=O)NNc1ccccc1C. The summed E-state index contributed by atoms with van der Waals surface area (Å²) in [5, 5.41) is 2.44. The van der Waals surface area contributed by atoms with Crippen LogP contribution in [-0.2, 0) is 0 Å². The summed E-state index contributed by atoms with van der Waals surface area (Å²) in [5.41, 5.74) is 7.27. The van der Waals surface area contributed by atoms with E-state index in [9.17, 15) is 4.79 Å². The highest BCUT2D eigenvalue weighted by Gasteiger charge is 1.97. The van der Waals surface area contributed by atoms with Crippen LogP contribution < -0.4 is 16.2 Å². The standard InChI is InChI=1S/C9H13N3O/c1-7-5-3-4-6-8(7)11-12-9(13)10-2/h3-6,11H,1-2H3,(H2,10,12,13). The van der Waals surface area contributed by atoms with Gasteiger partial charge in [-0.3, -0.25) is 10.9 Å². The molecule has 0 atom stereocenters. The molecular weight excluding hydrogens is 166 g/mol. The van der Waals surface area contributed by atoms with Gasteiger partial charge in [-0.05, 0) is 18.6 Å². The van der Waals surface area contributed by atoms with E-state index in [1.54, 1.807) is 7.05 Å². The quantitative estimate of drug-likeness (QED) is 0.598. The molecule has 0 bridgehead atoms. The van der Waals surface area contributed by atoms with Gasteiger partial charge in [-0.15, -0.1) is 0 Å². The number of benzene rings is 1. The van der Waals surface area contributed by atoms with Crippen LogP contribution in [0.2, 0.25) is 0 Å². The number of carbonyl (C=O) groups excluding carboxylic acids is 1. The first-order valence-electron chi connectivity index (χ1n) is 4.03. The molecule has 0 aliphatic heterocycles. The van der Waals surface area contributed by atoms with Gasteiger partial charge in [0.1, 0.15) is 0 Å². The van der Waals surface area contributed by atoms with Crippen molar-refractivity contribution in [3.05, 3.63) is 29.8 Å². The van der Waals surface area contributed by atoms with Crippen molar-refractivity contribution in [2.75, 3.05) is 12.5 Å². The molecule has 0 spiro atoms. The lowest BCUT2D eigenvalue weighted by Crippen LogP contribution is -2.36.